The number of nitrogens with one attached hydrogen (secondary N) is 1. The van der Waals surface area contributed by atoms with Gasteiger partial charge in [-0.1, -0.05) is 43.7 Å². The maximum Gasteiger partial charge on any atom is 0.243 e. The molecule has 0 atom stereocenters. The summed E-state index contributed by atoms with van der Waals surface area (Å²) in [6.45, 7) is 6.01. The van der Waals surface area contributed by atoms with E-state index in [1.165, 1.54) is 35.6 Å². The van der Waals surface area contributed by atoms with Crippen molar-refractivity contribution in [1.82, 2.24) is 13.9 Å². The second-order valence-corrected chi connectivity index (χ2v) is 11.1. The number of carbonyl (C=O) groups is 1. The standard InChI is InChI=1S/C21H29N3O5S2/c1-5-24(6-2)31(28,29)20-13-9-18(10-14-20)15-22-21(25)16-23(4)30(26,27)19-11-7-17(3)8-12-19/h7-14H,5-6,15-16H2,1-4H3,(H,22,25). The summed E-state index contributed by atoms with van der Waals surface area (Å²) in [6, 6.07) is 12.7. The lowest BCUT2D eigenvalue weighted by Crippen LogP contribution is -2.38. The minimum absolute atomic E-state index is 0.124. The van der Waals surface area contributed by atoms with Gasteiger partial charge < -0.3 is 5.32 Å². The molecule has 31 heavy (non-hydrogen) atoms. The van der Waals surface area contributed by atoms with Gasteiger partial charge in [-0.2, -0.15) is 8.61 Å². The van der Waals surface area contributed by atoms with Gasteiger partial charge in [-0.05, 0) is 36.8 Å². The molecule has 1 N–H and O–H groups in total. The molecule has 1 amide bonds. The van der Waals surface area contributed by atoms with E-state index in [4.69, 9.17) is 0 Å². The van der Waals surface area contributed by atoms with Gasteiger partial charge in [0.2, 0.25) is 26.0 Å². The average Bonchev–Trinajstić information content (AvgIpc) is 2.73. The predicted molar refractivity (Wildman–Crippen MR) is 119 cm³/mol. The summed E-state index contributed by atoms with van der Waals surface area (Å²) in [5.41, 5.74) is 1.64. The molecule has 0 aliphatic carbocycles. The van der Waals surface area contributed by atoms with Crippen molar-refractivity contribution >= 4 is 26.0 Å². The molecular formula is C21H29N3O5S2. The van der Waals surface area contributed by atoms with Gasteiger partial charge in [-0.25, -0.2) is 16.8 Å². The van der Waals surface area contributed by atoms with Gasteiger partial charge >= 0.3 is 0 Å². The van der Waals surface area contributed by atoms with Crippen molar-refractivity contribution in [2.75, 3.05) is 26.7 Å². The van der Waals surface area contributed by atoms with Crippen molar-refractivity contribution in [3.05, 3.63) is 59.7 Å². The number of hydrogen-bond acceptors (Lipinski definition) is 5. The van der Waals surface area contributed by atoms with E-state index in [9.17, 15) is 21.6 Å². The number of amides is 1. The van der Waals surface area contributed by atoms with Gasteiger partial charge in [0.15, 0.2) is 0 Å². The molecule has 170 valence electrons. The van der Waals surface area contributed by atoms with Crippen LogP contribution in [0, 0.1) is 6.92 Å². The molecule has 2 aromatic rings. The van der Waals surface area contributed by atoms with Crippen molar-refractivity contribution in [3.63, 3.8) is 0 Å². The number of likely N-dealkylation sites (N-methyl/N-ethyl adjacent to an activating group) is 1. The zero-order valence-electron chi connectivity index (χ0n) is 18.2. The molecule has 8 nitrogen and oxygen atoms in total. The van der Waals surface area contributed by atoms with E-state index < -0.39 is 26.0 Å². The van der Waals surface area contributed by atoms with Crippen LogP contribution in [0.4, 0.5) is 0 Å². The first-order chi connectivity index (χ1) is 14.5. The van der Waals surface area contributed by atoms with Crippen LogP contribution >= 0.6 is 0 Å². The Hall–Kier alpha value is -2.27. The largest absolute Gasteiger partial charge is 0.351 e. The van der Waals surface area contributed by atoms with Gasteiger partial charge in [-0.3, -0.25) is 4.79 Å². The van der Waals surface area contributed by atoms with Crippen LogP contribution in [-0.4, -0.2) is 58.0 Å². The number of benzene rings is 2. The molecular weight excluding hydrogens is 438 g/mol. The summed E-state index contributed by atoms with van der Waals surface area (Å²) < 4.78 is 52.5. The number of carbonyl (C=O) groups excluding carboxylic acids is 1. The van der Waals surface area contributed by atoms with Crippen LogP contribution in [0.5, 0.6) is 0 Å². The zero-order chi connectivity index (χ0) is 23.2. The lowest BCUT2D eigenvalue weighted by Gasteiger charge is -2.18. The van der Waals surface area contributed by atoms with Crippen molar-refractivity contribution < 1.29 is 21.6 Å². The number of nitrogens with zero attached hydrogens (tertiary/aromatic N) is 2. The SMILES string of the molecule is CCN(CC)S(=O)(=O)c1ccc(CNC(=O)CN(C)S(=O)(=O)c2ccc(C)cc2)cc1. The summed E-state index contributed by atoms with van der Waals surface area (Å²) >= 11 is 0. The molecule has 2 aromatic carbocycles. The summed E-state index contributed by atoms with van der Waals surface area (Å²) in [7, 11) is -5.96. The number of rotatable bonds is 10. The molecule has 0 saturated carbocycles. The second kappa shape index (κ2) is 10.4. The van der Waals surface area contributed by atoms with Crippen LogP contribution in [-0.2, 0) is 31.4 Å². The Labute approximate surface area is 185 Å². The Bertz CT molecular complexity index is 1090. The third-order valence-electron chi connectivity index (χ3n) is 4.85. The summed E-state index contributed by atoms with van der Waals surface area (Å²) in [5.74, 6) is -0.460. The normalized spacial score (nSPS) is 12.3. The predicted octanol–water partition coefficient (Wildman–Crippen LogP) is 1.96. The van der Waals surface area contributed by atoms with Crippen molar-refractivity contribution in [2.24, 2.45) is 0 Å². The van der Waals surface area contributed by atoms with Crippen LogP contribution in [0.15, 0.2) is 58.3 Å². The van der Waals surface area contributed by atoms with Crippen LogP contribution in [0.2, 0.25) is 0 Å². The van der Waals surface area contributed by atoms with Crippen molar-refractivity contribution in [1.29, 1.82) is 0 Å². The van der Waals surface area contributed by atoms with E-state index >= 15 is 0 Å². The summed E-state index contributed by atoms with van der Waals surface area (Å²) in [4.78, 5) is 12.5. The molecule has 0 aliphatic rings. The first-order valence-corrected chi connectivity index (χ1v) is 12.8. The van der Waals surface area contributed by atoms with Crippen molar-refractivity contribution in [3.8, 4) is 0 Å². The summed E-state index contributed by atoms with van der Waals surface area (Å²) in [5, 5.41) is 2.66. The monoisotopic (exact) mass is 467 g/mol. The molecule has 0 saturated heterocycles. The third kappa shape index (κ3) is 6.13. The Morgan fingerprint density at radius 2 is 1.32 bits per heavy atom. The zero-order valence-corrected chi connectivity index (χ0v) is 19.8. The molecule has 0 fully saturated rings. The highest BCUT2D eigenvalue weighted by Gasteiger charge is 2.23. The van der Waals surface area contributed by atoms with E-state index in [0.29, 0.717) is 18.7 Å². The minimum Gasteiger partial charge on any atom is -0.351 e. The van der Waals surface area contributed by atoms with E-state index in [2.05, 4.69) is 5.32 Å². The Morgan fingerprint density at radius 1 is 0.839 bits per heavy atom. The van der Waals surface area contributed by atoms with E-state index in [-0.39, 0.29) is 22.9 Å². The lowest BCUT2D eigenvalue weighted by atomic mass is 10.2. The Balaban J connectivity index is 1.97. The minimum atomic E-state index is -3.77. The smallest absolute Gasteiger partial charge is 0.243 e. The highest BCUT2D eigenvalue weighted by Crippen LogP contribution is 2.17. The van der Waals surface area contributed by atoms with Gasteiger partial charge in [0.1, 0.15) is 0 Å². The fraction of sp³-hybridized carbons (Fsp3) is 0.381. The number of hydrogen-bond donors (Lipinski definition) is 1. The van der Waals surface area contributed by atoms with E-state index in [1.807, 2.05) is 6.92 Å². The van der Waals surface area contributed by atoms with Gasteiger partial charge in [0.25, 0.3) is 0 Å². The van der Waals surface area contributed by atoms with Crippen molar-refractivity contribution in [2.45, 2.75) is 37.1 Å². The lowest BCUT2D eigenvalue weighted by molar-refractivity contribution is -0.121. The molecule has 0 aromatic heterocycles. The second-order valence-electron chi connectivity index (χ2n) is 7.08. The van der Waals surface area contributed by atoms with Crippen LogP contribution < -0.4 is 5.32 Å². The molecule has 0 bridgehead atoms. The first-order valence-electron chi connectivity index (χ1n) is 9.91. The molecule has 0 heterocycles. The molecule has 2 rings (SSSR count). The molecule has 0 aliphatic heterocycles. The topological polar surface area (TPSA) is 104 Å². The fourth-order valence-electron chi connectivity index (χ4n) is 2.93. The quantitative estimate of drug-likeness (QED) is 0.575. The molecule has 0 spiro atoms. The van der Waals surface area contributed by atoms with Crippen LogP contribution in [0.1, 0.15) is 25.0 Å². The van der Waals surface area contributed by atoms with Crippen LogP contribution in [0.25, 0.3) is 0 Å². The van der Waals surface area contributed by atoms with Gasteiger partial charge in [0.05, 0.1) is 16.3 Å². The highest BCUT2D eigenvalue weighted by atomic mass is 32.2. The van der Waals surface area contributed by atoms with Crippen LogP contribution in [0.3, 0.4) is 0 Å². The molecule has 0 radical (unpaired) electrons. The maximum atomic E-state index is 12.6. The highest BCUT2D eigenvalue weighted by molar-refractivity contribution is 7.89. The molecule has 10 heteroatoms. The van der Waals surface area contributed by atoms with E-state index in [0.717, 1.165) is 9.87 Å². The van der Waals surface area contributed by atoms with Gasteiger partial charge in [0, 0.05) is 26.7 Å². The summed E-state index contributed by atoms with van der Waals surface area (Å²) in [6.07, 6.45) is 0. The third-order valence-corrected chi connectivity index (χ3v) is 8.73. The Morgan fingerprint density at radius 3 is 1.84 bits per heavy atom. The number of sulfonamides is 2. The van der Waals surface area contributed by atoms with Gasteiger partial charge in [-0.15, -0.1) is 0 Å². The Kier molecular flexibility index (Phi) is 8.35. The first kappa shape index (κ1) is 25.0. The average molecular weight is 468 g/mol. The molecule has 0 unspecified atom stereocenters. The maximum absolute atomic E-state index is 12.6. The van der Waals surface area contributed by atoms with E-state index in [1.54, 1.807) is 38.1 Å². The fourth-order valence-corrected chi connectivity index (χ4v) is 5.51. The number of aryl methyl sites for hydroxylation is 1.